The number of hydrogen-bond acceptors (Lipinski definition) is 3. The predicted octanol–water partition coefficient (Wildman–Crippen LogP) is 2.78. The molecule has 0 aromatic carbocycles. The van der Waals surface area contributed by atoms with Gasteiger partial charge in [-0.05, 0) is 12.8 Å². The molecule has 0 fully saturated rings. The molecule has 64 valence electrons. The third kappa shape index (κ3) is 49.8. The minimum atomic E-state index is 0. The van der Waals surface area contributed by atoms with Crippen LogP contribution in [0.3, 0.4) is 0 Å². The van der Waals surface area contributed by atoms with Crippen LogP contribution in [0, 0.1) is 22.7 Å². The summed E-state index contributed by atoms with van der Waals surface area (Å²) in [5.74, 6) is 0. The molecule has 0 amide bonds. The second kappa shape index (κ2) is 23.1. The molecule has 3 nitrogen and oxygen atoms in total. The summed E-state index contributed by atoms with van der Waals surface area (Å²) in [7, 11) is 0. The zero-order chi connectivity index (χ0) is 8.24. The number of rotatable bonds is 2. The molecule has 0 saturated heterocycles. The van der Waals surface area contributed by atoms with Crippen molar-refractivity contribution >= 4 is 0 Å². The van der Waals surface area contributed by atoms with Gasteiger partial charge in [0.05, 0.1) is 12.1 Å². The molecule has 3 N–H and O–H groups in total. The summed E-state index contributed by atoms with van der Waals surface area (Å²) in [5.41, 5.74) is 0. The molecule has 0 aromatic rings. The molecule has 0 saturated carbocycles. The Kier molecular flexibility index (Phi) is 34.6. The average Bonchev–Trinajstić information content (AvgIpc) is 1.93. The smallest absolute Gasteiger partial charge is 0.0621 e. The van der Waals surface area contributed by atoms with Crippen molar-refractivity contribution in [2.75, 3.05) is 0 Å². The first-order chi connectivity index (χ1) is 4.83. The Labute approximate surface area is 69.2 Å². The Balaban J connectivity index is -0.000000107. The molecule has 0 unspecified atom stereocenters. The highest BCUT2D eigenvalue weighted by atomic mass is 14.2. The van der Waals surface area contributed by atoms with E-state index < -0.39 is 0 Å². The molecular weight excluding hydrogens is 138 g/mol. The van der Waals surface area contributed by atoms with Crippen LogP contribution in [0.5, 0.6) is 0 Å². The van der Waals surface area contributed by atoms with Crippen LogP contribution in [0.2, 0.25) is 0 Å². The third-order valence-electron chi connectivity index (χ3n) is 0.724. The quantitative estimate of drug-likeness (QED) is 0.665. The molecule has 0 aliphatic rings. The van der Waals surface area contributed by atoms with Crippen molar-refractivity contribution in [2.24, 2.45) is 0 Å². The van der Waals surface area contributed by atoms with E-state index in [-0.39, 0.29) is 6.15 Å². The summed E-state index contributed by atoms with van der Waals surface area (Å²) in [6.45, 7) is 3.98. The largest absolute Gasteiger partial charge is 0.344 e. The molecule has 0 aromatic heterocycles. The molecule has 0 aliphatic heterocycles. The molecule has 0 rings (SSSR count). The van der Waals surface area contributed by atoms with Crippen LogP contribution >= 0.6 is 0 Å². The number of nitriles is 2. The second-order valence-corrected chi connectivity index (χ2v) is 1.82. The first kappa shape index (κ1) is 16.5. The zero-order valence-corrected chi connectivity index (χ0v) is 7.43. The van der Waals surface area contributed by atoms with Gasteiger partial charge < -0.3 is 6.15 Å². The first-order valence-electron chi connectivity index (χ1n) is 3.57. The fourth-order valence-electron chi connectivity index (χ4n) is 0.224. The minimum absolute atomic E-state index is 0. The summed E-state index contributed by atoms with van der Waals surface area (Å²) in [4.78, 5) is 0. The highest BCUT2D eigenvalue weighted by Gasteiger charge is 1.65. The molecule has 0 atom stereocenters. The van der Waals surface area contributed by atoms with E-state index in [0.29, 0.717) is 12.8 Å². The van der Waals surface area contributed by atoms with Crippen molar-refractivity contribution in [2.45, 2.75) is 39.5 Å². The SMILES string of the molecule is CCCC#N.CCCC#N.N. The molecule has 0 radical (unpaired) electrons. The van der Waals surface area contributed by atoms with Crippen molar-refractivity contribution in [3.05, 3.63) is 0 Å². The molecular formula is C8H17N3. The minimum Gasteiger partial charge on any atom is -0.344 e. The Hall–Kier alpha value is -1.06. The summed E-state index contributed by atoms with van der Waals surface area (Å²) < 4.78 is 0. The lowest BCUT2D eigenvalue weighted by Crippen LogP contribution is -1.53. The topological polar surface area (TPSA) is 82.6 Å². The Morgan fingerprint density at radius 1 is 0.909 bits per heavy atom. The van der Waals surface area contributed by atoms with Gasteiger partial charge in [0.25, 0.3) is 0 Å². The van der Waals surface area contributed by atoms with E-state index in [0.717, 1.165) is 12.8 Å². The van der Waals surface area contributed by atoms with E-state index in [1.807, 2.05) is 26.0 Å². The Bertz CT molecular complexity index is 102. The van der Waals surface area contributed by atoms with Crippen LogP contribution < -0.4 is 6.15 Å². The lowest BCUT2D eigenvalue weighted by atomic mass is 10.4. The van der Waals surface area contributed by atoms with E-state index in [1.165, 1.54) is 0 Å². The molecule has 11 heavy (non-hydrogen) atoms. The van der Waals surface area contributed by atoms with Crippen LogP contribution in [-0.4, -0.2) is 0 Å². The lowest BCUT2D eigenvalue weighted by Gasteiger charge is -1.65. The zero-order valence-electron chi connectivity index (χ0n) is 7.43. The van der Waals surface area contributed by atoms with Crippen molar-refractivity contribution < 1.29 is 0 Å². The van der Waals surface area contributed by atoms with Crippen molar-refractivity contribution in [1.29, 1.82) is 10.5 Å². The summed E-state index contributed by atoms with van der Waals surface area (Å²) in [6.07, 6.45) is 3.35. The summed E-state index contributed by atoms with van der Waals surface area (Å²) in [6, 6.07) is 4.03. The fourth-order valence-corrected chi connectivity index (χ4v) is 0.224. The lowest BCUT2D eigenvalue weighted by molar-refractivity contribution is 0.969. The van der Waals surface area contributed by atoms with E-state index in [4.69, 9.17) is 10.5 Å². The average molecular weight is 155 g/mol. The molecule has 3 heteroatoms. The van der Waals surface area contributed by atoms with Gasteiger partial charge in [0.1, 0.15) is 0 Å². The van der Waals surface area contributed by atoms with Gasteiger partial charge in [-0.1, -0.05) is 13.8 Å². The normalized spacial score (nSPS) is 5.82. The summed E-state index contributed by atoms with van der Waals surface area (Å²) in [5, 5.41) is 15.6. The number of nitrogens with zero attached hydrogens (tertiary/aromatic N) is 2. The van der Waals surface area contributed by atoms with Crippen LogP contribution in [0.15, 0.2) is 0 Å². The maximum atomic E-state index is 7.82. The van der Waals surface area contributed by atoms with Crippen molar-refractivity contribution in [1.82, 2.24) is 6.15 Å². The number of hydrogen-bond donors (Lipinski definition) is 1. The monoisotopic (exact) mass is 155 g/mol. The van der Waals surface area contributed by atoms with E-state index in [2.05, 4.69) is 0 Å². The van der Waals surface area contributed by atoms with E-state index >= 15 is 0 Å². The van der Waals surface area contributed by atoms with Crippen molar-refractivity contribution in [3.63, 3.8) is 0 Å². The van der Waals surface area contributed by atoms with Gasteiger partial charge in [0.15, 0.2) is 0 Å². The van der Waals surface area contributed by atoms with Crippen LogP contribution in [0.25, 0.3) is 0 Å². The van der Waals surface area contributed by atoms with Gasteiger partial charge in [-0.3, -0.25) is 0 Å². The Morgan fingerprint density at radius 2 is 1.18 bits per heavy atom. The van der Waals surface area contributed by atoms with Gasteiger partial charge in [0, 0.05) is 12.8 Å². The van der Waals surface area contributed by atoms with Crippen molar-refractivity contribution in [3.8, 4) is 12.1 Å². The van der Waals surface area contributed by atoms with E-state index in [1.54, 1.807) is 0 Å². The van der Waals surface area contributed by atoms with Crippen LogP contribution in [-0.2, 0) is 0 Å². The van der Waals surface area contributed by atoms with Gasteiger partial charge in [0.2, 0.25) is 0 Å². The molecule has 0 aliphatic carbocycles. The van der Waals surface area contributed by atoms with Gasteiger partial charge in [-0.25, -0.2) is 0 Å². The fraction of sp³-hybridized carbons (Fsp3) is 0.750. The molecule has 0 heterocycles. The van der Waals surface area contributed by atoms with Gasteiger partial charge in [-0.15, -0.1) is 0 Å². The molecule has 0 bridgehead atoms. The third-order valence-corrected chi connectivity index (χ3v) is 0.724. The van der Waals surface area contributed by atoms with Gasteiger partial charge >= 0.3 is 0 Å². The number of unbranched alkanes of at least 4 members (excludes halogenated alkanes) is 2. The maximum Gasteiger partial charge on any atom is 0.0621 e. The predicted molar refractivity (Wildman–Crippen MR) is 46.1 cm³/mol. The van der Waals surface area contributed by atoms with Crippen LogP contribution in [0.1, 0.15) is 39.5 Å². The maximum absolute atomic E-state index is 7.82. The highest BCUT2D eigenvalue weighted by Crippen LogP contribution is 1.77. The Morgan fingerprint density at radius 3 is 1.18 bits per heavy atom. The van der Waals surface area contributed by atoms with E-state index in [9.17, 15) is 0 Å². The van der Waals surface area contributed by atoms with Crippen LogP contribution in [0.4, 0.5) is 0 Å². The highest BCUT2D eigenvalue weighted by molar-refractivity contribution is 4.65. The second-order valence-electron chi connectivity index (χ2n) is 1.82. The molecule has 0 spiro atoms. The van der Waals surface area contributed by atoms with Gasteiger partial charge in [-0.2, -0.15) is 10.5 Å². The first-order valence-corrected chi connectivity index (χ1v) is 3.57. The standard InChI is InChI=1S/2C4H7N.H3N/c2*1-2-3-4-5;/h2*2-3H2,1H3;1H3. The summed E-state index contributed by atoms with van der Waals surface area (Å²) >= 11 is 0.